The van der Waals surface area contributed by atoms with Crippen LogP contribution < -0.4 is 71.5 Å². The fourth-order valence-corrected chi connectivity index (χ4v) is 0. The average Bonchev–Trinajstić information content (AvgIpc) is 0. The summed E-state index contributed by atoms with van der Waals surface area (Å²) < 4.78 is 0. The maximum Gasteiger partial charge on any atom is 1.00 e. The minimum atomic E-state index is 0. The van der Waals surface area contributed by atoms with E-state index in [0.29, 0.717) is 0 Å². The number of hydrogen-bond acceptors (Lipinski definition) is 0. The summed E-state index contributed by atoms with van der Waals surface area (Å²) in [6.45, 7) is 0. The third-order valence-corrected chi connectivity index (χ3v) is 0. The van der Waals surface area contributed by atoms with E-state index in [0.717, 1.165) is 0 Å². The third-order valence-electron chi connectivity index (χ3n) is 0. The van der Waals surface area contributed by atoms with E-state index in [4.69, 9.17) is 0 Å². The topological polar surface area (TPSA) is 0 Å². The van der Waals surface area contributed by atoms with Crippen molar-refractivity contribution in [2.75, 3.05) is 0 Å². The van der Waals surface area contributed by atoms with Gasteiger partial charge in [-0.2, -0.15) is 0 Å². The number of halogens is 1. The van der Waals surface area contributed by atoms with Gasteiger partial charge in [0, 0.05) is 0 Å². The summed E-state index contributed by atoms with van der Waals surface area (Å²) in [6, 6.07) is 0. The summed E-state index contributed by atoms with van der Waals surface area (Å²) in [4.78, 5) is 0. The first-order valence-corrected chi connectivity index (χ1v) is 0. The van der Waals surface area contributed by atoms with E-state index < -0.39 is 0 Å². The molecule has 0 N–H and O–H groups in total. The predicted molar refractivity (Wildman–Crippen MR) is 18.5 cm³/mol. The van der Waals surface area contributed by atoms with Gasteiger partial charge >= 0.3 is 78.0 Å². The minimum Gasteiger partial charge on any atom is 1.00 e. The van der Waals surface area contributed by atoms with Gasteiger partial charge in [0.1, 0.15) is 0 Å². The normalized spacial score (nSPS) is 0. The second-order valence-electron chi connectivity index (χ2n) is 0. The molecule has 0 aliphatic rings. The number of rotatable bonds is 0. The van der Waals surface area contributed by atoms with Crippen LogP contribution >= 0.6 is 0 Å². The maximum atomic E-state index is 0. The van der Waals surface area contributed by atoms with Crippen LogP contribution in [0, 0.1) is 0 Å². The molecular formula is H5BClLiNa2. The largest absolute Gasteiger partial charge is 1.00 e. The molecule has 5 heteroatoms. The fraction of sp³-hybridized carbons (Fsp3) is 0. The molecule has 0 fully saturated rings. The molecule has 0 aliphatic heterocycles. The monoisotopic (exact) mass is 104 g/mol. The molecule has 0 rings (SSSR count). The molecule has 0 amide bonds. The van der Waals surface area contributed by atoms with Gasteiger partial charge in [-0.15, -0.1) is 0 Å². The van der Waals surface area contributed by atoms with E-state index >= 15 is 0 Å². The third kappa shape index (κ3) is 19.6. The van der Waals surface area contributed by atoms with Crippen molar-refractivity contribution >= 4 is 27.3 Å². The van der Waals surface area contributed by atoms with Gasteiger partial charge in [-0.05, 0) is 0 Å². The van der Waals surface area contributed by atoms with Crippen molar-refractivity contribution in [3.05, 3.63) is 0 Å². The fourth-order valence-electron chi connectivity index (χ4n) is 0. The van der Waals surface area contributed by atoms with Gasteiger partial charge < -0.3 is 12.4 Å². The smallest absolute Gasteiger partial charge is 1.00 e. The first kappa shape index (κ1) is 44.1. The average molecular weight is 104 g/mol. The molecule has 0 heterocycles. The van der Waals surface area contributed by atoms with Crippen molar-refractivity contribution < 1.29 is 71.5 Å². The van der Waals surface area contributed by atoms with E-state index in [1.807, 2.05) is 0 Å². The molecule has 0 radical (unpaired) electrons. The summed E-state index contributed by atoms with van der Waals surface area (Å²) in [5, 5.41) is 0. The summed E-state index contributed by atoms with van der Waals surface area (Å²) >= 11 is 0. The predicted octanol–water partition coefficient (Wildman–Crippen LogP) is -11.1. The Hall–Kier alpha value is 2.95. The maximum absolute atomic E-state index is 0. The molecule has 0 aromatic carbocycles. The van der Waals surface area contributed by atoms with Gasteiger partial charge in [-0.3, -0.25) is 0 Å². The molecular weight excluding hydrogens is 99.2 g/mol. The summed E-state index contributed by atoms with van der Waals surface area (Å²) in [5.41, 5.74) is 0. The van der Waals surface area contributed by atoms with Crippen molar-refractivity contribution in [2.45, 2.75) is 0 Å². The van der Waals surface area contributed by atoms with Crippen LogP contribution in [-0.2, 0) is 0 Å². The molecule has 0 aromatic heterocycles. The van der Waals surface area contributed by atoms with E-state index in [-0.39, 0.29) is 98.8 Å². The summed E-state index contributed by atoms with van der Waals surface area (Å²) in [7, 11) is 0. The van der Waals surface area contributed by atoms with Crippen molar-refractivity contribution in [1.29, 1.82) is 0 Å². The van der Waals surface area contributed by atoms with E-state index in [2.05, 4.69) is 0 Å². The van der Waals surface area contributed by atoms with E-state index in [9.17, 15) is 0 Å². The Labute approximate surface area is 97.0 Å². The quantitative estimate of drug-likeness (QED) is 0.268. The zero-order valence-corrected chi connectivity index (χ0v) is 7.13. The van der Waals surface area contributed by atoms with Crippen molar-refractivity contribution in [2.24, 2.45) is 0 Å². The number of hydrogen-bond donors (Lipinski definition) is 0. The van der Waals surface area contributed by atoms with Gasteiger partial charge in [0.15, 0.2) is 0 Å². The molecule has 0 atom stereocenters. The van der Waals surface area contributed by atoms with Crippen molar-refractivity contribution in [3.8, 4) is 0 Å². The molecule has 0 aromatic rings. The van der Waals surface area contributed by atoms with E-state index in [1.165, 1.54) is 0 Å². The van der Waals surface area contributed by atoms with Gasteiger partial charge in [0.05, 0.1) is 0 Å². The van der Waals surface area contributed by atoms with Gasteiger partial charge in [0.25, 0.3) is 0 Å². The Morgan fingerprint density at radius 1 is 0.800 bits per heavy atom. The summed E-state index contributed by atoms with van der Waals surface area (Å²) in [6.07, 6.45) is 0. The first-order chi connectivity index (χ1) is 0. The molecule has 0 aliphatic carbocycles. The Morgan fingerprint density at radius 2 is 0.800 bits per heavy atom. The molecule has 0 bridgehead atoms. The molecule has 18 valence electrons. The van der Waals surface area contributed by atoms with E-state index in [1.54, 1.807) is 0 Å². The molecule has 0 saturated heterocycles. The first-order valence-electron chi connectivity index (χ1n) is 0. The Morgan fingerprint density at radius 3 is 0.800 bits per heavy atom. The van der Waals surface area contributed by atoms with Crippen LogP contribution in [-0.4, -0.2) is 27.3 Å². The van der Waals surface area contributed by atoms with Crippen molar-refractivity contribution in [1.82, 2.24) is 0 Å². The zero-order valence-electron chi connectivity index (χ0n) is 2.38. The van der Waals surface area contributed by atoms with Crippen molar-refractivity contribution in [3.63, 3.8) is 0 Å². The van der Waals surface area contributed by atoms with Gasteiger partial charge in [0.2, 0.25) is 0 Å². The van der Waals surface area contributed by atoms with Gasteiger partial charge in [-0.25, -0.2) is 0 Å². The standard InChI is InChI=1S/BH4.ClH.Li.2Na.H/h1H4;1H;;;;/q-1;;;2*+1;/p-1. The van der Waals surface area contributed by atoms with Crippen LogP contribution in [0.5, 0.6) is 0 Å². The minimum absolute atomic E-state index is 0. The van der Waals surface area contributed by atoms with Crippen LogP contribution in [0.4, 0.5) is 0 Å². The Kier molecular flexibility index (Phi) is 249. The molecule has 0 nitrogen and oxygen atoms in total. The molecule has 0 saturated carbocycles. The van der Waals surface area contributed by atoms with Gasteiger partial charge in [-0.1, -0.05) is 8.41 Å². The van der Waals surface area contributed by atoms with Crippen LogP contribution in [0.25, 0.3) is 0 Å². The Balaban J connectivity index is 0. The zero-order chi connectivity index (χ0) is 0. The summed E-state index contributed by atoms with van der Waals surface area (Å²) in [5.74, 6) is 0. The van der Waals surface area contributed by atoms with Crippen LogP contribution in [0.2, 0.25) is 0 Å². The van der Waals surface area contributed by atoms with Crippen LogP contribution in [0.1, 0.15) is 0 Å². The Bertz CT molecular complexity index is 9.61. The molecule has 0 spiro atoms. The molecule has 5 heavy (non-hydrogen) atoms. The second kappa shape index (κ2) is 28.3. The second-order valence-corrected chi connectivity index (χ2v) is 0. The SMILES string of the molecule is [BH4-].[Cl-].[LiH].[Na+].[Na+]. The van der Waals surface area contributed by atoms with Crippen LogP contribution in [0.3, 0.4) is 0 Å². The van der Waals surface area contributed by atoms with Crippen LogP contribution in [0.15, 0.2) is 0 Å². The molecule has 0 unspecified atom stereocenters.